The Labute approximate surface area is 134 Å². The van der Waals surface area contributed by atoms with Crippen LogP contribution in [0.4, 0.5) is 5.69 Å². The van der Waals surface area contributed by atoms with Crippen molar-refractivity contribution in [3.63, 3.8) is 0 Å². The van der Waals surface area contributed by atoms with Crippen molar-refractivity contribution in [2.75, 3.05) is 12.4 Å². The molecule has 0 unspecified atom stereocenters. The number of nitrogens with zero attached hydrogens (tertiary/aromatic N) is 2. The first-order valence-corrected chi connectivity index (χ1v) is 7.26. The monoisotopic (exact) mass is 316 g/mol. The van der Waals surface area contributed by atoms with Crippen LogP contribution in [-0.4, -0.2) is 28.7 Å². The van der Waals surface area contributed by atoms with Crippen molar-refractivity contribution >= 4 is 17.5 Å². The van der Waals surface area contributed by atoms with E-state index in [0.717, 1.165) is 11.3 Å². The summed E-state index contributed by atoms with van der Waals surface area (Å²) >= 11 is 0. The molecule has 1 heterocycles. The predicted octanol–water partition coefficient (Wildman–Crippen LogP) is 1.50. The Morgan fingerprint density at radius 1 is 1.30 bits per heavy atom. The number of ether oxygens (including phenoxy) is 1. The highest BCUT2D eigenvalue weighted by Gasteiger charge is 2.20. The molecule has 0 spiro atoms. The number of carbonyl (C=O) groups excluding carboxylic acids is 2. The standard InChI is InChI=1S/C16H20N4O3/c1-4-20-15(16(17)22)14(10(2)19-20)18-13(21)9-11-5-7-12(23-3)8-6-11/h5-8H,4,9H2,1-3H3,(H2,17,22)(H,18,21). The smallest absolute Gasteiger partial charge is 0.269 e. The van der Waals surface area contributed by atoms with Crippen molar-refractivity contribution in [1.82, 2.24) is 9.78 Å². The van der Waals surface area contributed by atoms with Gasteiger partial charge in [0.15, 0.2) is 0 Å². The number of aromatic nitrogens is 2. The Morgan fingerprint density at radius 3 is 2.48 bits per heavy atom. The number of benzene rings is 1. The number of hydrogen-bond acceptors (Lipinski definition) is 4. The lowest BCUT2D eigenvalue weighted by Crippen LogP contribution is -2.21. The van der Waals surface area contributed by atoms with Crippen LogP contribution in [0.3, 0.4) is 0 Å². The Bertz CT molecular complexity index is 720. The van der Waals surface area contributed by atoms with E-state index in [0.29, 0.717) is 17.9 Å². The average molecular weight is 316 g/mol. The van der Waals surface area contributed by atoms with Gasteiger partial charge in [-0.15, -0.1) is 0 Å². The molecule has 0 saturated heterocycles. The first-order valence-electron chi connectivity index (χ1n) is 7.26. The quantitative estimate of drug-likeness (QED) is 0.843. The van der Waals surface area contributed by atoms with Crippen LogP contribution in [0.5, 0.6) is 5.75 Å². The highest BCUT2D eigenvalue weighted by atomic mass is 16.5. The van der Waals surface area contributed by atoms with E-state index in [1.807, 2.05) is 19.1 Å². The maximum Gasteiger partial charge on any atom is 0.269 e. The maximum atomic E-state index is 12.2. The number of carbonyl (C=O) groups is 2. The third kappa shape index (κ3) is 3.68. The van der Waals surface area contributed by atoms with E-state index in [2.05, 4.69) is 10.4 Å². The molecule has 0 aliphatic heterocycles. The number of primary amides is 1. The number of nitrogens with one attached hydrogen (secondary N) is 1. The number of methoxy groups -OCH3 is 1. The zero-order valence-electron chi connectivity index (χ0n) is 13.4. The predicted molar refractivity (Wildman–Crippen MR) is 86.5 cm³/mol. The topological polar surface area (TPSA) is 99.2 Å². The van der Waals surface area contributed by atoms with Gasteiger partial charge < -0.3 is 15.8 Å². The number of nitrogens with two attached hydrogens (primary N) is 1. The van der Waals surface area contributed by atoms with Gasteiger partial charge in [-0.25, -0.2) is 0 Å². The fraction of sp³-hybridized carbons (Fsp3) is 0.312. The van der Waals surface area contributed by atoms with E-state index in [1.54, 1.807) is 26.2 Å². The summed E-state index contributed by atoms with van der Waals surface area (Å²) in [5, 5.41) is 6.96. The second-order valence-electron chi connectivity index (χ2n) is 5.06. The highest BCUT2D eigenvalue weighted by Crippen LogP contribution is 2.20. The maximum absolute atomic E-state index is 12.2. The Hall–Kier alpha value is -2.83. The Morgan fingerprint density at radius 2 is 1.96 bits per heavy atom. The van der Waals surface area contributed by atoms with Crippen LogP contribution < -0.4 is 15.8 Å². The summed E-state index contributed by atoms with van der Waals surface area (Å²) in [6.07, 6.45) is 0.180. The minimum atomic E-state index is -0.618. The second kappa shape index (κ2) is 6.95. The number of hydrogen-bond donors (Lipinski definition) is 2. The van der Waals surface area contributed by atoms with Gasteiger partial charge in [-0.2, -0.15) is 5.10 Å². The largest absolute Gasteiger partial charge is 0.497 e. The van der Waals surface area contributed by atoms with Crippen molar-refractivity contribution in [2.24, 2.45) is 5.73 Å². The van der Waals surface area contributed by atoms with Crippen molar-refractivity contribution < 1.29 is 14.3 Å². The summed E-state index contributed by atoms with van der Waals surface area (Å²) < 4.78 is 6.57. The lowest BCUT2D eigenvalue weighted by atomic mass is 10.1. The number of amides is 2. The molecule has 3 N–H and O–H groups in total. The Kier molecular flexibility index (Phi) is 5.00. The van der Waals surface area contributed by atoms with Gasteiger partial charge in [-0.05, 0) is 31.5 Å². The van der Waals surface area contributed by atoms with Crippen molar-refractivity contribution in [2.45, 2.75) is 26.8 Å². The van der Waals surface area contributed by atoms with E-state index in [9.17, 15) is 9.59 Å². The van der Waals surface area contributed by atoms with Gasteiger partial charge in [-0.1, -0.05) is 12.1 Å². The normalized spacial score (nSPS) is 10.4. The van der Waals surface area contributed by atoms with Crippen molar-refractivity contribution in [3.05, 3.63) is 41.2 Å². The molecule has 2 amide bonds. The molecular formula is C16H20N4O3. The van der Waals surface area contributed by atoms with Crippen LogP contribution >= 0.6 is 0 Å². The van der Waals surface area contributed by atoms with E-state index >= 15 is 0 Å². The summed E-state index contributed by atoms with van der Waals surface area (Å²) in [6.45, 7) is 4.07. The summed E-state index contributed by atoms with van der Waals surface area (Å²) in [5.74, 6) is -0.131. The average Bonchev–Trinajstić information content (AvgIpc) is 2.84. The van der Waals surface area contributed by atoms with Gasteiger partial charge in [0.05, 0.1) is 24.9 Å². The molecular weight excluding hydrogens is 296 g/mol. The van der Waals surface area contributed by atoms with Gasteiger partial charge in [0, 0.05) is 6.54 Å². The minimum Gasteiger partial charge on any atom is -0.497 e. The van der Waals surface area contributed by atoms with Crippen LogP contribution in [0.15, 0.2) is 24.3 Å². The van der Waals surface area contributed by atoms with Crippen LogP contribution in [0.25, 0.3) is 0 Å². The molecule has 122 valence electrons. The lowest BCUT2D eigenvalue weighted by molar-refractivity contribution is -0.115. The molecule has 7 nitrogen and oxygen atoms in total. The fourth-order valence-electron chi connectivity index (χ4n) is 2.32. The summed E-state index contributed by atoms with van der Waals surface area (Å²) in [5.41, 5.74) is 7.38. The van der Waals surface area contributed by atoms with E-state index in [1.165, 1.54) is 4.68 Å². The zero-order valence-corrected chi connectivity index (χ0v) is 13.4. The van der Waals surface area contributed by atoms with Gasteiger partial charge in [-0.3, -0.25) is 14.3 Å². The molecule has 0 aliphatic rings. The molecule has 2 aromatic rings. The summed E-state index contributed by atoms with van der Waals surface area (Å²) in [4.78, 5) is 23.9. The Balaban J connectivity index is 2.16. The van der Waals surface area contributed by atoms with Gasteiger partial charge >= 0.3 is 0 Å². The number of anilines is 1. The van der Waals surface area contributed by atoms with E-state index in [4.69, 9.17) is 10.5 Å². The molecule has 1 aromatic heterocycles. The molecule has 23 heavy (non-hydrogen) atoms. The molecule has 1 aromatic carbocycles. The highest BCUT2D eigenvalue weighted by molar-refractivity contribution is 6.02. The van der Waals surface area contributed by atoms with E-state index < -0.39 is 5.91 Å². The first kappa shape index (κ1) is 16.5. The molecule has 0 radical (unpaired) electrons. The molecule has 2 rings (SSSR count). The SMILES string of the molecule is CCn1nc(C)c(NC(=O)Cc2ccc(OC)cc2)c1C(N)=O. The van der Waals surface area contributed by atoms with Crippen LogP contribution in [0.2, 0.25) is 0 Å². The van der Waals surface area contributed by atoms with Gasteiger partial charge in [0.1, 0.15) is 11.4 Å². The van der Waals surface area contributed by atoms with Crippen molar-refractivity contribution in [1.29, 1.82) is 0 Å². The molecule has 0 atom stereocenters. The summed E-state index contributed by atoms with van der Waals surface area (Å²) in [7, 11) is 1.58. The van der Waals surface area contributed by atoms with Gasteiger partial charge in [0.25, 0.3) is 5.91 Å². The van der Waals surface area contributed by atoms with Crippen LogP contribution in [0, 0.1) is 6.92 Å². The first-order chi connectivity index (χ1) is 11.0. The van der Waals surface area contributed by atoms with E-state index in [-0.39, 0.29) is 18.0 Å². The van der Waals surface area contributed by atoms with Crippen LogP contribution in [-0.2, 0) is 17.8 Å². The third-order valence-electron chi connectivity index (χ3n) is 3.45. The lowest BCUT2D eigenvalue weighted by Gasteiger charge is -2.07. The van der Waals surface area contributed by atoms with Crippen molar-refractivity contribution in [3.8, 4) is 5.75 Å². The number of rotatable bonds is 6. The summed E-state index contributed by atoms with van der Waals surface area (Å²) in [6, 6.07) is 7.21. The zero-order chi connectivity index (χ0) is 17.0. The third-order valence-corrected chi connectivity index (χ3v) is 3.45. The second-order valence-corrected chi connectivity index (χ2v) is 5.06. The number of aryl methyl sites for hydroxylation is 2. The van der Waals surface area contributed by atoms with Gasteiger partial charge in [0.2, 0.25) is 5.91 Å². The molecule has 0 fully saturated rings. The van der Waals surface area contributed by atoms with Crippen LogP contribution in [0.1, 0.15) is 28.7 Å². The fourth-order valence-corrected chi connectivity index (χ4v) is 2.32. The minimum absolute atomic E-state index is 0.180. The molecule has 7 heteroatoms. The molecule has 0 aliphatic carbocycles. The molecule has 0 saturated carbocycles. The molecule has 0 bridgehead atoms.